The number of hydrogen-bond donors (Lipinski definition) is 0. The molecule has 0 saturated heterocycles. The highest BCUT2D eigenvalue weighted by Crippen LogP contribution is 2.29. The molecule has 3 rings (SSSR count). The molecule has 3 aromatic rings. The van der Waals surface area contributed by atoms with Crippen molar-refractivity contribution in [2.45, 2.75) is 12.1 Å². The normalized spacial score (nSPS) is 10.6. The highest BCUT2D eigenvalue weighted by atomic mass is 32.2. The summed E-state index contributed by atoms with van der Waals surface area (Å²) in [6.07, 6.45) is 1.58. The van der Waals surface area contributed by atoms with Gasteiger partial charge in [-0.15, -0.1) is 10.2 Å². The zero-order chi connectivity index (χ0) is 17.6. The van der Waals surface area contributed by atoms with Crippen LogP contribution in [0.4, 0.5) is 0 Å². The van der Waals surface area contributed by atoms with Crippen LogP contribution < -0.4 is 4.74 Å². The van der Waals surface area contributed by atoms with Crippen LogP contribution in [0, 0.1) is 0 Å². The summed E-state index contributed by atoms with van der Waals surface area (Å²) < 4.78 is 17.5. The molecule has 0 atom stereocenters. The molecule has 1 aromatic carbocycles. The van der Waals surface area contributed by atoms with Gasteiger partial charge in [0.05, 0.1) is 31.4 Å². The molecule has 0 spiro atoms. The molecule has 2 heterocycles. The topological polar surface area (TPSA) is 79.4 Å². The number of esters is 1. The average Bonchev–Trinajstić information content (AvgIpc) is 3.30. The molecule has 0 bridgehead atoms. The molecule has 130 valence electrons. The van der Waals surface area contributed by atoms with E-state index in [1.165, 1.54) is 18.9 Å². The number of carbonyl (C=O) groups excluding carboxylic acids is 1. The second kappa shape index (κ2) is 7.89. The fourth-order valence-electron chi connectivity index (χ4n) is 2.20. The number of hydrogen-bond acceptors (Lipinski definition) is 7. The first kappa shape index (κ1) is 17.1. The summed E-state index contributed by atoms with van der Waals surface area (Å²) in [5.74, 6) is 1.74. The summed E-state index contributed by atoms with van der Waals surface area (Å²) in [6.45, 7) is 2.54. The lowest BCUT2D eigenvalue weighted by atomic mass is 10.3. The fraction of sp³-hybridized carbons (Fsp3) is 0.235. The number of benzene rings is 1. The van der Waals surface area contributed by atoms with E-state index < -0.39 is 0 Å². The largest absolute Gasteiger partial charge is 0.494 e. The molecule has 0 radical (unpaired) electrons. The Morgan fingerprint density at radius 2 is 2.04 bits per heavy atom. The number of carbonyl (C=O) groups is 1. The van der Waals surface area contributed by atoms with Crippen molar-refractivity contribution in [2.75, 3.05) is 19.5 Å². The van der Waals surface area contributed by atoms with E-state index in [0.29, 0.717) is 23.3 Å². The Balaban J connectivity index is 1.98. The highest BCUT2D eigenvalue weighted by molar-refractivity contribution is 7.99. The summed E-state index contributed by atoms with van der Waals surface area (Å²) in [4.78, 5) is 11.4. The maximum atomic E-state index is 11.4. The molecule has 2 aromatic heterocycles. The van der Waals surface area contributed by atoms with Crippen molar-refractivity contribution >= 4 is 17.7 Å². The molecule has 0 unspecified atom stereocenters. The Morgan fingerprint density at radius 3 is 2.68 bits per heavy atom. The SMILES string of the molecule is CCOc1ccc(-n2c(SCC(=O)OC)nnc2-c2ccco2)cc1. The minimum atomic E-state index is -0.328. The number of rotatable bonds is 7. The number of thioether (sulfide) groups is 1. The maximum Gasteiger partial charge on any atom is 0.316 e. The Labute approximate surface area is 149 Å². The number of ether oxygens (including phenoxy) is 2. The van der Waals surface area contributed by atoms with E-state index in [1.807, 2.05) is 41.8 Å². The van der Waals surface area contributed by atoms with Gasteiger partial charge in [0.2, 0.25) is 5.82 Å². The van der Waals surface area contributed by atoms with E-state index in [1.54, 1.807) is 12.3 Å². The van der Waals surface area contributed by atoms with Crippen LogP contribution in [-0.4, -0.2) is 40.2 Å². The zero-order valence-corrected chi connectivity index (χ0v) is 14.7. The van der Waals surface area contributed by atoms with Gasteiger partial charge in [0.15, 0.2) is 10.9 Å². The predicted octanol–water partition coefficient (Wildman–Crippen LogP) is 3.19. The molecule has 0 saturated carbocycles. The predicted molar refractivity (Wildman–Crippen MR) is 93.0 cm³/mol. The standard InChI is InChI=1S/C17H17N3O4S/c1-3-23-13-8-6-12(7-9-13)20-16(14-5-4-10-24-14)18-19-17(20)25-11-15(21)22-2/h4-10H,3,11H2,1-2H3. The second-order valence-electron chi connectivity index (χ2n) is 4.91. The van der Waals surface area contributed by atoms with Crippen molar-refractivity contribution < 1.29 is 18.7 Å². The van der Waals surface area contributed by atoms with Gasteiger partial charge in [-0.3, -0.25) is 9.36 Å². The molecule has 0 fully saturated rings. The van der Waals surface area contributed by atoms with Crippen LogP contribution >= 0.6 is 11.8 Å². The fourth-order valence-corrected chi connectivity index (χ4v) is 2.99. The Morgan fingerprint density at radius 1 is 1.24 bits per heavy atom. The Hall–Kier alpha value is -2.74. The first-order valence-electron chi connectivity index (χ1n) is 7.65. The first-order chi connectivity index (χ1) is 12.2. The second-order valence-corrected chi connectivity index (χ2v) is 5.85. The molecule has 0 amide bonds. The van der Waals surface area contributed by atoms with Gasteiger partial charge < -0.3 is 13.9 Å². The third-order valence-corrected chi connectivity index (χ3v) is 4.23. The number of furan rings is 1. The maximum absolute atomic E-state index is 11.4. The van der Waals surface area contributed by atoms with Crippen molar-refractivity contribution in [3.05, 3.63) is 42.7 Å². The van der Waals surface area contributed by atoms with Crippen LogP contribution in [0.25, 0.3) is 17.3 Å². The third kappa shape index (κ3) is 3.85. The molecule has 0 N–H and O–H groups in total. The lowest BCUT2D eigenvalue weighted by Gasteiger charge is -2.10. The molecule has 8 heteroatoms. The van der Waals surface area contributed by atoms with Gasteiger partial charge in [-0.05, 0) is 43.3 Å². The van der Waals surface area contributed by atoms with E-state index in [0.717, 1.165) is 11.4 Å². The quantitative estimate of drug-likeness (QED) is 0.473. The van der Waals surface area contributed by atoms with Gasteiger partial charge in [0, 0.05) is 0 Å². The minimum Gasteiger partial charge on any atom is -0.494 e. The summed E-state index contributed by atoms with van der Waals surface area (Å²) in [6, 6.07) is 11.2. The van der Waals surface area contributed by atoms with Crippen molar-refractivity contribution in [1.82, 2.24) is 14.8 Å². The summed E-state index contributed by atoms with van der Waals surface area (Å²) in [7, 11) is 1.36. The van der Waals surface area contributed by atoms with Crippen molar-refractivity contribution in [3.8, 4) is 23.0 Å². The monoisotopic (exact) mass is 359 g/mol. The smallest absolute Gasteiger partial charge is 0.316 e. The van der Waals surface area contributed by atoms with Crippen LogP contribution in [-0.2, 0) is 9.53 Å². The molecular weight excluding hydrogens is 342 g/mol. The van der Waals surface area contributed by atoms with Gasteiger partial charge >= 0.3 is 5.97 Å². The van der Waals surface area contributed by atoms with E-state index in [-0.39, 0.29) is 11.7 Å². The molecule has 0 aliphatic heterocycles. The molecular formula is C17H17N3O4S. The van der Waals surface area contributed by atoms with Gasteiger partial charge in [0.1, 0.15) is 5.75 Å². The van der Waals surface area contributed by atoms with Crippen molar-refractivity contribution in [1.29, 1.82) is 0 Å². The summed E-state index contributed by atoms with van der Waals surface area (Å²) in [5.41, 5.74) is 0.840. The van der Waals surface area contributed by atoms with Crippen LogP contribution in [0.5, 0.6) is 5.75 Å². The van der Waals surface area contributed by atoms with Gasteiger partial charge in [-0.25, -0.2) is 0 Å². The van der Waals surface area contributed by atoms with Crippen LogP contribution in [0.15, 0.2) is 52.2 Å². The molecule has 0 aliphatic carbocycles. The zero-order valence-electron chi connectivity index (χ0n) is 13.8. The minimum absolute atomic E-state index is 0.143. The average molecular weight is 359 g/mol. The number of methoxy groups -OCH3 is 1. The molecule has 25 heavy (non-hydrogen) atoms. The van der Waals surface area contributed by atoms with Gasteiger partial charge in [-0.2, -0.15) is 0 Å². The Bertz CT molecular complexity index is 828. The van der Waals surface area contributed by atoms with E-state index in [4.69, 9.17) is 9.15 Å². The van der Waals surface area contributed by atoms with Crippen LogP contribution in [0.3, 0.4) is 0 Å². The third-order valence-electron chi connectivity index (χ3n) is 3.33. The van der Waals surface area contributed by atoms with Crippen LogP contribution in [0.2, 0.25) is 0 Å². The molecule has 0 aliphatic rings. The lowest BCUT2D eigenvalue weighted by Crippen LogP contribution is -2.05. The van der Waals surface area contributed by atoms with E-state index >= 15 is 0 Å². The number of aromatic nitrogens is 3. The van der Waals surface area contributed by atoms with Crippen LogP contribution in [0.1, 0.15) is 6.92 Å². The van der Waals surface area contributed by atoms with Crippen molar-refractivity contribution in [2.24, 2.45) is 0 Å². The highest BCUT2D eigenvalue weighted by Gasteiger charge is 2.19. The Kier molecular flexibility index (Phi) is 5.39. The summed E-state index contributed by atoms with van der Waals surface area (Å²) in [5, 5.41) is 8.97. The lowest BCUT2D eigenvalue weighted by molar-refractivity contribution is -0.137. The van der Waals surface area contributed by atoms with E-state index in [2.05, 4.69) is 14.9 Å². The molecule has 7 nitrogen and oxygen atoms in total. The van der Waals surface area contributed by atoms with E-state index in [9.17, 15) is 4.79 Å². The van der Waals surface area contributed by atoms with Gasteiger partial charge in [0.25, 0.3) is 0 Å². The van der Waals surface area contributed by atoms with Gasteiger partial charge in [-0.1, -0.05) is 11.8 Å². The summed E-state index contributed by atoms with van der Waals surface area (Å²) >= 11 is 1.25. The number of nitrogens with zero attached hydrogens (tertiary/aromatic N) is 3. The first-order valence-corrected chi connectivity index (χ1v) is 8.63. The van der Waals surface area contributed by atoms with Crippen molar-refractivity contribution in [3.63, 3.8) is 0 Å².